The minimum Gasteiger partial charge on any atom is -0.468 e. The SMILES string of the molecule is C=CC(C)(C(=O)OC)S(=O)(=O)c1ccccc1. The van der Waals surface area contributed by atoms with Gasteiger partial charge in [-0.05, 0) is 19.1 Å². The van der Waals surface area contributed by atoms with Crippen LogP contribution in [0, 0.1) is 0 Å². The maximum atomic E-state index is 12.3. The van der Waals surface area contributed by atoms with E-state index in [1.807, 2.05) is 0 Å². The van der Waals surface area contributed by atoms with E-state index in [-0.39, 0.29) is 4.90 Å². The molecule has 17 heavy (non-hydrogen) atoms. The van der Waals surface area contributed by atoms with Gasteiger partial charge in [-0.3, -0.25) is 4.79 Å². The van der Waals surface area contributed by atoms with E-state index in [1.165, 1.54) is 19.1 Å². The first-order valence-electron chi connectivity index (χ1n) is 4.92. The molecule has 0 spiro atoms. The van der Waals surface area contributed by atoms with E-state index >= 15 is 0 Å². The van der Waals surface area contributed by atoms with Crippen LogP contribution >= 0.6 is 0 Å². The Hall–Kier alpha value is -1.62. The van der Waals surface area contributed by atoms with Crippen LogP contribution < -0.4 is 0 Å². The Morgan fingerprint density at radius 3 is 2.29 bits per heavy atom. The molecule has 1 aromatic carbocycles. The number of esters is 1. The third kappa shape index (κ3) is 2.10. The van der Waals surface area contributed by atoms with Crippen molar-refractivity contribution in [1.29, 1.82) is 0 Å². The molecule has 0 bridgehead atoms. The van der Waals surface area contributed by atoms with Crippen molar-refractivity contribution in [2.45, 2.75) is 16.6 Å². The maximum Gasteiger partial charge on any atom is 0.331 e. The lowest BCUT2D eigenvalue weighted by molar-refractivity contribution is -0.141. The lowest BCUT2D eigenvalue weighted by Crippen LogP contribution is -2.42. The summed E-state index contributed by atoms with van der Waals surface area (Å²) in [4.78, 5) is 11.7. The van der Waals surface area contributed by atoms with Crippen LogP contribution in [0.4, 0.5) is 0 Å². The van der Waals surface area contributed by atoms with Crippen LogP contribution in [0.25, 0.3) is 0 Å². The Kier molecular flexibility index (Phi) is 3.72. The monoisotopic (exact) mass is 254 g/mol. The zero-order valence-corrected chi connectivity index (χ0v) is 10.5. The smallest absolute Gasteiger partial charge is 0.331 e. The summed E-state index contributed by atoms with van der Waals surface area (Å²) in [5, 5.41) is 0. The van der Waals surface area contributed by atoms with Crippen molar-refractivity contribution in [3.63, 3.8) is 0 Å². The first-order chi connectivity index (χ1) is 7.90. The number of carbonyl (C=O) groups is 1. The fourth-order valence-corrected chi connectivity index (χ4v) is 2.88. The third-order valence-electron chi connectivity index (χ3n) is 2.59. The molecular weight excluding hydrogens is 240 g/mol. The zero-order chi connectivity index (χ0) is 13.1. The van der Waals surface area contributed by atoms with Crippen molar-refractivity contribution < 1.29 is 17.9 Å². The second-order valence-corrected chi connectivity index (χ2v) is 5.95. The van der Waals surface area contributed by atoms with Gasteiger partial charge < -0.3 is 4.74 Å². The molecule has 0 amide bonds. The first-order valence-corrected chi connectivity index (χ1v) is 6.40. The van der Waals surface area contributed by atoms with Gasteiger partial charge in [0.15, 0.2) is 14.6 Å². The molecule has 1 unspecified atom stereocenters. The van der Waals surface area contributed by atoms with Gasteiger partial charge in [0.05, 0.1) is 12.0 Å². The van der Waals surface area contributed by atoms with Crippen LogP contribution in [0.3, 0.4) is 0 Å². The molecule has 0 radical (unpaired) electrons. The summed E-state index contributed by atoms with van der Waals surface area (Å²) in [6.07, 6.45) is 1.08. The van der Waals surface area contributed by atoms with Gasteiger partial charge in [-0.25, -0.2) is 8.42 Å². The molecule has 5 heteroatoms. The lowest BCUT2D eigenvalue weighted by Gasteiger charge is -2.22. The maximum absolute atomic E-state index is 12.3. The highest BCUT2D eigenvalue weighted by Crippen LogP contribution is 2.27. The molecule has 0 aliphatic carbocycles. The van der Waals surface area contributed by atoms with Crippen molar-refractivity contribution >= 4 is 15.8 Å². The molecule has 1 atom stereocenters. The normalized spacial score (nSPS) is 14.7. The van der Waals surface area contributed by atoms with Crippen molar-refractivity contribution in [2.24, 2.45) is 0 Å². The zero-order valence-electron chi connectivity index (χ0n) is 9.71. The topological polar surface area (TPSA) is 60.4 Å². The molecule has 0 N–H and O–H groups in total. The van der Waals surface area contributed by atoms with Crippen molar-refractivity contribution in [3.05, 3.63) is 43.0 Å². The second-order valence-electron chi connectivity index (χ2n) is 3.62. The summed E-state index contributed by atoms with van der Waals surface area (Å²) >= 11 is 0. The van der Waals surface area contributed by atoms with Crippen LogP contribution in [-0.2, 0) is 19.4 Å². The molecule has 92 valence electrons. The van der Waals surface area contributed by atoms with E-state index in [2.05, 4.69) is 11.3 Å². The Morgan fingerprint density at radius 2 is 1.88 bits per heavy atom. The molecule has 0 saturated heterocycles. The molecule has 1 aromatic rings. The molecule has 0 aliphatic heterocycles. The number of ether oxygens (including phenoxy) is 1. The molecular formula is C12H14O4S. The number of rotatable bonds is 4. The number of hydrogen-bond acceptors (Lipinski definition) is 4. The largest absolute Gasteiger partial charge is 0.468 e. The molecule has 0 fully saturated rings. The fraction of sp³-hybridized carbons (Fsp3) is 0.250. The van der Waals surface area contributed by atoms with E-state index < -0.39 is 20.6 Å². The number of hydrogen-bond donors (Lipinski definition) is 0. The molecule has 0 heterocycles. The van der Waals surface area contributed by atoms with Gasteiger partial charge in [0.25, 0.3) is 0 Å². The van der Waals surface area contributed by atoms with Crippen LogP contribution in [-0.4, -0.2) is 26.2 Å². The average Bonchev–Trinajstić information content (AvgIpc) is 2.37. The van der Waals surface area contributed by atoms with Crippen LogP contribution in [0.1, 0.15) is 6.92 Å². The predicted octanol–water partition coefficient (Wildman–Crippen LogP) is 1.58. The fourth-order valence-electron chi connectivity index (χ4n) is 1.35. The van der Waals surface area contributed by atoms with Crippen LogP contribution in [0.15, 0.2) is 47.9 Å². The molecule has 1 rings (SSSR count). The van der Waals surface area contributed by atoms with Gasteiger partial charge in [-0.2, -0.15) is 0 Å². The Balaban J connectivity index is 3.40. The van der Waals surface area contributed by atoms with E-state index in [0.717, 1.165) is 13.2 Å². The van der Waals surface area contributed by atoms with Crippen molar-refractivity contribution in [2.75, 3.05) is 7.11 Å². The highest BCUT2D eigenvalue weighted by molar-refractivity contribution is 7.93. The quantitative estimate of drug-likeness (QED) is 0.604. The summed E-state index contributed by atoms with van der Waals surface area (Å²) in [5.74, 6) is -0.851. The number of sulfone groups is 1. The Morgan fingerprint density at radius 1 is 1.35 bits per heavy atom. The van der Waals surface area contributed by atoms with Gasteiger partial charge in [0.2, 0.25) is 0 Å². The standard InChI is InChI=1S/C12H14O4S/c1-4-12(2,11(13)16-3)17(14,15)10-8-6-5-7-9-10/h4-9H,1H2,2-3H3. The van der Waals surface area contributed by atoms with Gasteiger partial charge >= 0.3 is 5.97 Å². The molecule has 0 aliphatic rings. The summed E-state index contributed by atoms with van der Waals surface area (Å²) in [6, 6.07) is 7.74. The highest BCUT2D eigenvalue weighted by atomic mass is 32.2. The minimum atomic E-state index is -3.85. The highest BCUT2D eigenvalue weighted by Gasteiger charge is 2.45. The number of benzene rings is 1. The van der Waals surface area contributed by atoms with E-state index in [1.54, 1.807) is 18.2 Å². The van der Waals surface area contributed by atoms with Gasteiger partial charge in [-0.15, -0.1) is 6.58 Å². The summed E-state index contributed by atoms with van der Waals surface area (Å²) in [5.41, 5.74) is 0. The van der Waals surface area contributed by atoms with Crippen molar-refractivity contribution in [1.82, 2.24) is 0 Å². The van der Waals surface area contributed by atoms with Gasteiger partial charge in [-0.1, -0.05) is 24.3 Å². The summed E-state index contributed by atoms with van der Waals surface area (Å²) < 4.78 is 27.4. The Labute approximate surface area is 101 Å². The predicted molar refractivity (Wildman–Crippen MR) is 64.2 cm³/mol. The summed E-state index contributed by atoms with van der Waals surface area (Å²) in [6.45, 7) is 4.69. The minimum absolute atomic E-state index is 0.0628. The molecule has 0 saturated carbocycles. The van der Waals surface area contributed by atoms with Crippen molar-refractivity contribution in [3.8, 4) is 0 Å². The average molecular weight is 254 g/mol. The van der Waals surface area contributed by atoms with Crippen LogP contribution in [0.5, 0.6) is 0 Å². The van der Waals surface area contributed by atoms with Gasteiger partial charge in [0.1, 0.15) is 0 Å². The number of carbonyl (C=O) groups excluding carboxylic acids is 1. The molecule has 4 nitrogen and oxygen atoms in total. The summed E-state index contributed by atoms with van der Waals surface area (Å²) in [7, 11) is -2.71. The molecule has 0 aromatic heterocycles. The van der Waals surface area contributed by atoms with E-state index in [0.29, 0.717) is 0 Å². The lowest BCUT2D eigenvalue weighted by atomic mass is 10.2. The van der Waals surface area contributed by atoms with E-state index in [9.17, 15) is 13.2 Å². The van der Waals surface area contributed by atoms with E-state index in [4.69, 9.17) is 0 Å². The number of methoxy groups -OCH3 is 1. The first kappa shape index (κ1) is 13.4. The second kappa shape index (κ2) is 4.71. The van der Waals surface area contributed by atoms with Crippen LogP contribution in [0.2, 0.25) is 0 Å². The third-order valence-corrected chi connectivity index (χ3v) is 4.93. The van der Waals surface area contributed by atoms with Gasteiger partial charge in [0, 0.05) is 0 Å². The Bertz CT molecular complexity index is 519.